The van der Waals surface area contributed by atoms with Gasteiger partial charge in [0, 0.05) is 25.2 Å². The van der Waals surface area contributed by atoms with E-state index in [1.165, 1.54) is 31.5 Å². The lowest BCUT2D eigenvalue weighted by Crippen LogP contribution is -2.34. The molecule has 5 heteroatoms. The van der Waals surface area contributed by atoms with Crippen LogP contribution in [0.4, 0.5) is 5.69 Å². The lowest BCUT2D eigenvalue weighted by atomic mass is 10.1. The van der Waals surface area contributed by atoms with Crippen molar-refractivity contribution in [2.75, 3.05) is 37.6 Å². The number of likely N-dealkylation sites (tertiary alicyclic amines) is 1. The van der Waals surface area contributed by atoms with Crippen molar-refractivity contribution in [2.45, 2.75) is 45.4 Å². The van der Waals surface area contributed by atoms with Crippen molar-refractivity contribution in [3.8, 4) is 0 Å². The van der Waals surface area contributed by atoms with Gasteiger partial charge in [-0.15, -0.1) is 0 Å². The summed E-state index contributed by atoms with van der Waals surface area (Å²) >= 11 is 0. The molecule has 1 atom stereocenters. The molecule has 142 valence electrons. The monoisotopic (exact) mass is 357 g/mol. The van der Waals surface area contributed by atoms with Crippen LogP contribution in [0.15, 0.2) is 24.3 Å². The van der Waals surface area contributed by atoms with Crippen molar-refractivity contribution in [1.82, 2.24) is 10.2 Å². The SMILES string of the molecule is CCCc1ccc(N2C[C@@H](C(=O)NCCCN3CCCC3)CC2=O)cc1. The molecule has 5 nitrogen and oxygen atoms in total. The lowest BCUT2D eigenvalue weighted by Gasteiger charge is -2.17. The van der Waals surface area contributed by atoms with Crippen molar-refractivity contribution < 1.29 is 9.59 Å². The highest BCUT2D eigenvalue weighted by atomic mass is 16.2. The Kier molecular flexibility index (Phi) is 6.67. The van der Waals surface area contributed by atoms with E-state index < -0.39 is 0 Å². The van der Waals surface area contributed by atoms with E-state index in [1.54, 1.807) is 4.90 Å². The van der Waals surface area contributed by atoms with E-state index in [9.17, 15) is 9.59 Å². The molecule has 1 aromatic carbocycles. The first-order chi connectivity index (χ1) is 12.7. The standard InChI is InChI=1S/C21H31N3O2/c1-2-6-17-7-9-19(10-8-17)24-16-18(15-20(24)25)21(26)22-11-5-14-23-12-3-4-13-23/h7-10,18H,2-6,11-16H2,1H3,(H,22,26)/t18-/m0/s1. The minimum atomic E-state index is -0.232. The molecule has 1 aromatic rings. The molecule has 3 rings (SSSR count). The maximum Gasteiger partial charge on any atom is 0.227 e. The van der Waals surface area contributed by atoms with Crippen LogP contribution in [0.3, 0.4) is 0 Å². The van der Waals surface area contributed by atoms with Crippen LogP contribution in [0, 0.1) is 5.92 Å². The quantitative estimate of drug-likeness (QED) is 0.728. The second-order valence-corrected chi connectivity index (χ2v) is 7.52. The van der Waals surface area contributed by atoms with Gasteiger partial charge < -0.3 is 15.1 Å². The molecule has 0 saturated carbocycles. The summed E-state index contributed by atoms with van der Waals surface area (Å²) in [5.74, 6) is -0.167. The number of carbonyl (C=O) groups is 2. The van der Waals surface area contributed by atoms with Crippen molar-refractivity contribution >= 4 is 17.5 Å². The van der Waals surface area contributed by atoms with Gasteiger partial charge in [0.15, 0.2) is 0 Å². The molecule has 2 amide bonds. The molecule has 0 radical (unpaired) electrons. The van der Waals surface area contributed by atoms with Crippen molar-refractivity contribution in [2.24, 2.45) is 5.92 Å². The minimum Gasteiger partial charge on any atom is -0.356 e. The van der Waals surface area contributed by atoms with Crippen LogP contribution in [0.25, 0.3) is 0 Å². The number of nitrogens with one attached hydrogen (secondary N) is 1. The molecule has 2 aliphatic heterocycles. The number of aryl methyl sites for hydroxylation is 1. The van der Waals surface area contributed by atoms with Gasteiger partial charge in [0.2, 0.25) is 11.8 Å². The highest BCUT2D eigenvalue weighted by molar-refractivity contribution is 6.00. The Balaban J connectivity index is 1.44. The summed E-state index contributed by atoms with van der Waals surface area (Å²) in [6, 6.07) is 8.16. The van der Waals surface area contributed by atoms with Gasteiger partial charge in [-0.2, -0.15) is 0 Å². The molecule has 0 spiro atoms. The summed E-state index contributed by atoms with van der Waals surface area (Å²) in [5, 5.41) is 3.02. The molecule has 0 bridgehead atoms. The van der Waals surface area contributed by atoms with Crippen LogP contribution < -0.4 is 10.2 Å². The van der Waals surface area contributed by atoms with Crippen LogP contribution in [-0.4, -0.2) is 49.4 Å². The van der Waals surface area contributed by atoms with Gasteiger partial charge in [0.1, 0.15) is 0 Å². The van der Waals surface area contributed by atoms with Crippen molar-refractivity contribution in [3.63, 3.8) is 0 Å². The van der Waals surface area contributed by atoms with Gasteiger partial charge in [0.05, 0.1) is 5.92 Å². The zero-order valence-corrected chi connectivity index (χ0v) is 15.9. The molecule has 26 heavy (non-hydrogen) atoms. The van der Waals surface area contributed by atoms with Gasteiger partial charge in [0.25, 0.3) is 0 Å². The number of carbonyl (C=O) groups excluding carboxylic acids is 2. The highest BCUT2D eigenvalue weighted by Gasteiger charge is 2.34. The maximum atomic E-state index is 12.4. The second-order valence-electron chi connectivity index (χ2n) is 7.52. The Morgan fingerprint density at radius 1 is 1.19 bits per heavy atom. The lowest BCUT2D eigenvalue weighted by molar-refractivity contribution is -0.126. The minimum absolute atomic E-state index is 0.0184. The molecular weight excluding hydrogens is 326 g/mol. The predicted molar refractivity (Wildman–Crippen MR) is 104 cm³/mol. The van der Waals surface area contributed by atoms with Crippen LogP contribution >= 0.6 is 0 Å². The number of hydrogen-bond donors (Lipinski definition) is 1. The van der Waals surface area contributed by atoms with Gasteiger partial charge in [-0.3, -0.25) is 9.59 Å². The fourth-order valence-electron chi connectivity index (χ4n) is 3.93. The topological polar surface area (TPSA) is 52.7 Å². The number of nitrogens with zero attached hydrogens (tertiary/aromatic N) is 2. The number of benzene rings is 1. The van der Waals surface area contributed by atoms with Gasteiger partial charge in [-0.05, 0) is 63.0 Å². The molecular formula is C21H31N3O2. The average molecular weight is 357 g/mol. The van der Waals surface area contributed by atoms with E-state index in [1.807, 2.05) is 12.1 Å². The molecule has 0 aromatic heterocycles. The Hall–Kier alpha value is -1.88. The summed E-state index contributed by atoms with van der Waals surface area (Å²) in [6.07, 6.45) is 6.06. The van der Waals surface area contributed by atoms with E-state index >= 15 is 0 Å². The first-order valence-corrected chi connectivity index (χ1v) is 10.1. The second kappa shape index (κ2) is 9.17. The molecule has 2 heterocycles. The number of rotatable bonds is 8. The van der Waals surface area contributed by atoms with Crippen LogP contribution in [0.1, 0.15) is 44.6 Å². The Morgan fingerprint density at radius 3 is 2.62 bits per heavy atom. The van der Waals surface area contributed by atoms with E-state index in [0.29, 0.717) is 19.5 Å². The number of hydrogen-bond acceptors (Lipinski definition) is 3. The fraction of sp³-hybridized carbons (Fsp3) is 0.619. The van der Waals surface area contributed by atoms with Gasteiger partial charge in [-0.1, -0.05) is 25.5 Å². The normalized spacial score (nSPS) is 20.7. The van der Waals surface area contributed by atoms with E-state index in [2.05, 4.69) is 29.3 Å². The largest absolute Gasteiger partial charge is 0.356 e. The third-order valence-electron chi connectivity index (χ3n) is 5.43. The summed E-state index contributed by atoms with van der Waals surface area (Å²) in [4.78, 5) is 29.0. The summed E-state index contributed by atoms with van der Waals surface area (Å²) in [6.45, 7) is 6.79. The Morgan fingerprint density at radius 2 is 1.92 bits per heavy atom. The third kappa shape index (κ3) is 4.85. The molecule has 1 N–H and O–H groups in total. The van der Waals surface area contributed by atoms with E-state index in [0.717, 1.165) is 31.5 Å². The first-order valence-electron chi connectivity index (χ1n) is 10.1. The zero-order chi connectivity index (χ0) is 18.4. The van der Waals surface area contributed by atoms with E-state index in [4.69, 9.17) is 0 Å². The van der Waals surface area contributed by atoms with E-state index in [-0.39, 0.29) is 17.7 Å². The van der Waals surface area contributed by atoms with Crippen LogP contribution in [0.5, 0.6) is 0 Å². The fourth-order valence-corrected chi connectivity index (χ4v) is 3.93. The van der Waals surface area contributed by atoms with Crippen LogP contribution in [-0.2, 0) is 16.0 Å². The zero-order valence-electron chi connectivity index (χ0n) is 15.9. The summed E-state index contributed by atoms with van der Waals surface area (Å²) < 4.78 is 0. The molecule has 2 fully saturated rings. The third-order valence-corrected chi connectivity index (χ3v) is 5.43. The molecule has 2 aliphatic rings. The molecule has 0 aliphatic carbocycles. The molecule has 2 saturated heterocycles. The highest BCUT2D eigenvalue weighted by Crippen LogP contribution is 2.25. The average Bonchev–Trinajstić information content (AvgIpc) is 3.29. The first kappa shape index (κ1) is 18.9. The maximum absolute atomic E-state index is 12.4. The summed E-state index contributed by atoms with van der Waals surface area (Å²) in [5.41, 5.74) is 2.19. The smallest absolute Gasteiger partial charge is 0.227 e. The number of anilines is 1. The van der Waals surface area contributed by atoms with Crippen LogP contribution in [0.2, 0.25) is 0 Å². The molecule has 0 unspecified atom stereocenters. The summed E-state index contributed by atoms with van der Waals surface area (Å²) in [7, 11) is 0. The Labute approximate surface area is 156 Å². The van der Waals surface area contributed by atoms with Gasteiger partial charge in [-0.25, -0.2) is 0 Å². The predicted octanol–water partition coefficient (Wildman–Crippen LogP) is 2.59. The van der Waals surface area contributed by atoms with Crippen molar-refractivity contribution in [3.05, 3.63) is 29.8 Å². The number of amides is 2. The van der Waals surface area contributed by atoms with Gasteiger partial charge >= 0.3 is 0 Å². The van der Waals surface area contributed by atoms with Crippen molar-refractivity contribution in [1.29, 1.82) is 0 Å². The Bertz CT molecular complexity index is 608.